The van der Waals surface area contributed by atoms with Gasteiger partial charge in [0.25, 0.3) is 0 Å². The molecule has 0 aliphatic heterocycles. The van der Waals surface area contributed by atoms with Crippen molar-refractivity contribution in [3.63, 3.8) is 0 Å². The summed E-state index contributed by atoms with van der Waals surface area (Å²) in [5.74, 6) is 0.309. The number of hydrogen-bond acceptors (Lipinski definition) is 5. The van der Waals surface area contributed by atoms with Gasteiger partial charge in [-0.15, -0.1) is 4.99 Å². The highest BCUT2D eigenvalue weighted by Gasteiger charge is 1.99. The van der Waals surface area contributed by atoms with Gasteiger partial charge >= 0.3 is 5.43 Å². The van der Waals surface area contributed by atoms with E-state index in [-0.39, 0.29) is 0 Å². The van der Waals surface area contributed by atoms with Crippen molar-refractivity contribution in [2.75, 3.05) is 5.48 Å². The first kappa shape index (κ1) is 9.79. The third-order valence-corrected chi connectivity index (χ3v) is 1.29. The Kier molecular flexibility index (Phi) is 3.51. The summed E-state index contributed by atoms with van der Waals surface area (Å²) in [7, 11) is 0. The van der Waals surface area contributed by atoms with Crippen LogP contribution in [0.1, 0.15) is 0 Å². The first-order valence-electron chi connectivity index (χ1n) is 3.26. The molecule has 2 N–H and O–H groups in total. The zero-order chi connectivity index (χ0) is 9.68. The van der Waals surface area contributed by atoms with Crippen molar-refractivity contribution in [2.24, 2.45) is 0 Å². The van der Waals surface area contributed by atoms with Crippen molar-refractivity contribution in [3.05, 3.63) is 24.3 Å². The van der Waals surface area contributed by atoms with Crippen LogP contribution in [0.3, 0.4) is 0 Å². The average molecular weight is 204 g/mol. The molecule has 0 heterocycles. The molecule has 6 heteroatoms. The van der Waals surface area contributed by atoms with E-state index in [9.17, 15) is 4.79 Å². The third-order valence-electron chi connectivity index (χ3n) is 1.22. The topological polar surface area (TPSA) is 67.8 Å². The molecule has 70 valence electrons. The lowest BCUT2D eigenvalue weighted by molar-refractivity contribution is -0.215. The Morgan fingerprint density at radius 1 is 1.38 bits per heavy atom. The van der Waals surface area contributed by atoms with Crippen LogP contribution in [-0.2, 0) is 4.99 Å². The lowest BCUT2D eigenvalue weighted by Crippen LogP contribution is -1.98. The molecule has 0 spiro atoms. The number of ether oxygens (including phenoxy) is 1. The number of hydrogen-bond donors (Lipinski definition) is 2. The Hall–Kier alpha value is -1.30. The molecule has 0 saturated carbocycles. The van der Waals surface area contributed by atoms with Crippen LogP contribution in [0.4, 0.5) is 10.5 Å². The largest absolute Gasteiger partial charge is 0.415 e. The molecular weight excluding hydrogens is 198 g/mol. The minimum absolute atomic E-state index is 0.309. The summed E-state index contributed by atoms with van der Waals surface area (Å²) >= 11 is 4.97. The Balaban J connectivity index is 2.64. The summed E-state index contributed by atoms with van der Waals surface area (Å²) in [6.45, 7) is 0. The predicted molar refractivity (Wildman–Crippen MR) is 45.7 cm³/mol. The van der Waals surface area contributed by atoms with Gasteiger partial charge in [-0.2, -0.15) is 0 Å². The molecule has 0 unspecified atom stereocenters. The van der Waals surface area contributed by atoms with Crippen LogP contribution in [0.15, 0.2) is 24.3 Å². The van der Waals surface area contributed by atoms with E-state index >= 15 is 0 Å². The molecule has 1 rings (SSSR count). The highest BCUT2D eigenvalue weighted by Crippen LogP contribution is 2.16. The molecule has 1 aromatic rings. The van der Waals surface area contributed by atoms with E-state index < -0.39 is 5.43 Å². The standard InChI is InChI=1S/C7H6ClNO4/c8-7(10)12-6-3-1-5(2-4-6)9-13-11/h1-4,9,11H. The minimum atomic E-state index is -0.904. The Labute approximate surface area is 78.7 Å². The van der Waals surface area contributed by atoms with Gasteiger partial charge in [0, 0.05) is 11.6 Å². The van der Waals surface area contributed by atoms with Crippen molar-refractivity contribution in [1.82, 2.24) is 0 Å². The summed E-state index contributed by atoms with van der Waals surface area (Å²) in [6.07, 6.45) is 0. The lowest BCUT2D eigenvalue weighted by atomic mass is 10.3. The number of nitrogens with one attached hydrogen (secondary N) is 1. The zero-order valence-corrected chi connectivity index (χ0v) is 7.12. The fourth-order valence-corrected chi connectivity index (χ4v) is 0.825. The van der Waals surface area contributed by atoms with Crippen molar-refractivity contribution in [2.45, 2.75) is 0 Å². The Morgan fingerprint density at radius 2 is 2.00 bits per heavy atom. The Morgan fingerprint density at radius 3 is 2.46 bits per heavy atom. The van der Waals surface area contributed by atoms with Gasteiger partial charge in [0.1, 0.15) is 5.75 Å². The van der Waals surface area contributed by atoms with Crippen LogP contribution >= 0.6 is 11.6 Å². The van der Waals surface area contributed by atoms with E-state index in [1.807, 2.05) is 0 Å². The molecule has 0 aliphatic carbocycles. The highest BCUT2D eigenvalue weighted by atomic mass is 35.5. The zero-order valence-electron chi connectivity index (χ0n) is 6.36. The maximum atomic E-state index is 10.3. The molecular formula is C7H6ClNO4. The fourth-order valence-electron chi connectivity index (χ4n) is 0.736. The van der Waals surface area contributed by atoms with Gasteiger partial charge in [-0.1, -0.05) is 0 Å². The molecule has 0 fully saturated rings. The molecule has 0 saturated heterocycles. The van der Waals surface area contributed by atoms with Gasteiger partial charge in [0.15, 0.2) is 0 Å². The summed E-state index contributed by atoms with van der Waals surface area (Å²) in [5.41, 5.74) is 1.78. The molecule has 0 amide bonds. The van der Waals surface area contributed by atoms with Gasteiger partial charge in [0.05, 0.1) is 5.69 Å². The molecule has 1 aromatic carbocycles. The van der Waals surface area contributed by atoms with Crippen molar-refractivity contribution in [1.29, 1.82) is 0 Å². The number of benzene rings is 1. The lowest BCUT2D eigenvalue weighted by Gasteiger charge is -2.02. The fraction of sp³-hybridized carbons (Fsp3) is 0. The highest BCUT2D eigenvalue weighted by molar-refractivity contribution is 6.61. The molecule has 0 aliphatic rings. The van der Waals surface area contributed by atoms with Crippen LogP contribution in [0.25, 0.3) is 0 Å². The number of halogens is 1. The molecule has 0 aromatic heterocycles. The second-order valence-corrected chi connectivity index (χ2v) is 2.37. The van der Waals surface area contributed by atoms with Crippen LogP contribution in [0, 0.1) is 0 Å². The molecule has 0 bridgehead atoms. The van der Waals surface area contributed by atoms with E-state index in [0.29, 0.717) is 11.4 Å². The second kappa shape index (κ2) is 4.66. The maximum absolute atomic E-state index is 10.3. The first-order chi connectivity index (χ1) is 6.22. The quantitative estimate of drug-likeness (QED) is 0.448. The van der Waals surface area contributed by atoms with Crippen LogP contribution in [0.2, 0.25) is 0 Å². The van der Waals surface area contributed by atoms with E-state index in [4.69, 9.17) is 16.9 Å². The maximum Gasteiger partial charge on any atom is 0.409 e. The van der Waals surface area contributed by atoms with Gasteiger partial charge in [-0.05, 0) is 24.3 Å². The third kappa shape index (κ3) is 3.29. The SMILES string of the molecule is O=C(Cl)Oc1ccc(NOO)cc1. The summed E-state index contributed by atoms with van der Waals surface area (Å²) in [4.78, 5) is 14.0. The molecule has 0 atom stereocenters. The second-order valence-electron chi connectivity index (χ2n) is 2.06. The summed E-state index contributed by atoms with van der Waals surface area (Å²) in [5, 5.41) is 8.02. The van der Waals surface area contributed by atoms with Crippen molar-refractivity contribution < 1.29 is 19.8 Å². The molecule has 0 radical (unpaired) electrons. The predicted octanol–water partition coefficient (Wildman–Crippen LogP) is 2.24. The van der Waals surface area contributed by atoms with Crippen LogP contribution in [-0.4, -0.2) is 10.7 Å². The van der Waals surface area contributed by atoms with E-state index in [0.717, 1.165) is 0 Å². The van der Waals surface area contributed by atoms with E-state index in [1.54, 1.807) is 0 Å². The minimum Gasteiger partial charge on any atom is -0.415 e. The Bertz CT molecular complexity index is 287. The molecule has 13 heavy (non-hydrogen) atoms. The van der Waals surface area contributed by atoms with Gasteiger partial charge in [-0.3, -0.25) is 0 Å². The smallest absolute Gasteiger partial charge is 0.409 e. The van der Waals surface area contributed by atoms with Gasteiger partial charge in [-0.25, -0.2) is 15.5 Å². The van der Waals surface area contributed by atoms with Crippen molar-refractivity contribution >= 4 is 22.7 Å². The number of carbonyl (C=O) groups excluding carboxylic acids is 1. The van der Waals surface area contributed by atoms with Crippen LogP contribution in [0.5, 0.6) is 5.75 Å². The molecule has 5 nitrogen and oxygen atoms in total. The van der Waals surface area contributed by atoms with Gasteiger partial charge < -0.3 is 4.74 Å². The van der Waals surface area contributed by atoms with E-state index in [1.165, 1.54) is 24.3 Å². The monoisotopic (exact) mass is 203 g/mol. The number of anilines is 1. The van der Waals surface area contributed by atoms with Gasteiger partial charge in [0.2, 0.25) is 0 Å². The summed E-state index contributed by atoms with van der Waals surface area (Å²) in [6, 6.07) is 6.04. The average Bonchev–Trinajstić information content (AvgIpc) is 2.08. The first-order valence-corrected chi connectivity index (χ1v) is 3.64. The van der Waals surface area contributed by atoms with Crippen molar-refractivity contribution in [3.8, 4) is 5.75 Å². The summed E-state index contributed by atoms with van der Waals surface area (Å²) < 4.78 is 4.54. The number of rotatable bonds is 3. The normalized spacial score (nSPS) is 9.38. The van der Waals surface area contributed by atoms with Crippen LogP contribution < -0.4 is 10.2 Å². The van der Waals surface area contributed by atoms with E-state index in [2.05, 4.69) is 15.2 Å². The number of carbonyl (C=O) groups is 1.